The van der Waals surface area contributed by atoms with Crippen LogP contribution >= 0.6 is 22.9 Å². The normalized spacial score (nSPS) is 12.1. The van der Waals surface area contributed by atoms with Gasteiger partial charge in [-0.25, -0.2) is 0 Å². The van der Waals surface area contributed by atoms with Crippen LogP contribution in [-0.4, -0.2) is 11.9 Å². The van der Waals surface area contributed by atoms with Gasteiger partial charge in [-0.05, 0) is 42.5 Å². The minimum Gasteiger partial charge on any atom is -0.353 e. The number of amides is 1. The van der Waals surface area contributed by atoms with Gasteiger partial charge in [-0.1, -0.05) is 29.8 Å². The molecule has 2 nitrogen and oxygen atoms in total. The van der Waals surface area contributed by atoms with Crippen molar-refractivity contribution in [1.29, 1.82) is 0 Å². The van der Waals surface area contributed by atoms with E-state index in [0.29, 0.717) is 6.42 Å². The third kappa shape index (κ3) is 4.69. The van der Waals surface area contributed by atoms with Gasteiger partial charge in [0.1, 0.15) is 0 Å². The monoisotopic (exact) mass is 293 g/mol. The molecule has 1 atom stereocenters. The maximum absolute atomic E-state index is 11.8. The number of benzene rings is 1. The molecule has 0 aliphatic heterocycles. The first-order valence-corrected chi connectivity index (χ1v) is 7.45. The zero-order valence-corrected chi connectivity index (χ0v) is 12.3. The van der Waals surface area contributed by atoms with Gasteiger partial charge in [0.25, 0.3) is 0 Å². The van der Waals surface area contributed by atoms with Crippen LogP contribution in [0.2, 0.25) is 5.02 Å². The first kappa shape index (κ1) is 14.1. The Labute approximate surface area is 122 Å². The molecule has 1 heterocycles. The lowest BCUT2D eigenvalue weighted by atomic mass is 10.1. The van der Waals surface area contributed by atoms with E-state index in [2.05, 4.69) is 5.32 Å². The Morgan fingerprint density at radius 3 is 2.68 bits per heavy atom. The Balaban J connectivity index is 1.82. The van der Waals surface area contributed by atoms with Gasteiger partial charge < -0.3 is 5.32 Å². The maximum Gasteiger partial charge on any atom is 0.225 e. The van der Waals surface area contributed by atoms with Crippen molar-refractivity contribution in [3.8, 4) is 0 Å². The predicted molar refractivity (Wildman–Crippen MR) is 80.8 cm³/mol. The van der Waals surface area contributed by atoms with Crippen LogP contribution in [0, 0.1) is 0 Å². The van der Waals surface area contributed by atoms with Crippen LogP contribution in [0.25, 0.3) is 0 Å². The van der Waals surface area contributed by atoms with Crippen molar-refractivity contribution in [2.24, 2.45) is 0 Å². The van der Waals surface area contributed by atoms with E-state index in [1.165, 1.54) is 5.56 Å². The first-order chi connectivity index (χ1) is 9.13. The smallest absolute Gasteiger partial charge is 0.225 e. The number of carbonyl (C=O) groups is 1. The average molecular weight is 294 g/mol. The molecule has 0 fully saturated rings. The van der Waals surface area contributed by atoms with Crippen molar-refractivity contribution < 1.29 is 4.79 Å². The molecule has 0 bridgehead atoms. The third-order valence-electron chi connectivity index (χ3n) is 2.78. The molecule has 0 aliphatic carbocycles. The van der Waals surface area contributed by atoms with E-state index in [-0.39, 0.29) is 11.9 Å². The number of nitrogens with one attached hydrogen (secondary N) is 1. The maximum atomic E-state index is 11.8. The molecule has 0 saturated carbocycles. The van der Waals surface area contributed by atoms with Crippen LogP contribution < -0.4 is 5.32 Å². The summed E-state index contributed by atoms with van der Waals surface area (Å²) >= 11 is 7.45. The van der Waals surface area contributed by atoms with Gasteiger partial charge >= 0.3 is 0 Å². The molecule has 1 N–H and O–H groups in total. The average Bonchev–Trinajstić information content (AvgIpc) is 2.84. The van der Waals surface area contributed by atoms with Crippen LogP contribution in [0.1, 0.15) is 17.4 Å². The van der Waals surface area contributed by atoms with Crippen molar-refractivity contribution in [3.05, 3.63) is 57.2 Å². The van der Waals surface area contributed by atoms with Crippen molar-refractivity contribution in [2.75, 3.05) is 0 Å². The van der Waals surface area contributed by atoms with Gasteiger partial charge in [-0.2, -0.15) is 0 Å². The summed E-state index contributed by atoms with van der Waals surface area (Å²) < 4.78 is 0. The molecule has 1 amide bonds. The van der Waals surface area contributed by atoms with Crippen molar-refractivity contribution in [3.63, 3.8) is 0 Å². The lowest BCUT2D eigenvalue weighted by Gasteiger charge is -2.13. The molecular formula is C15H16ClNOS. The molecular weight excluding hydrogens is 278 g/mol. The molecule has 1 unspecified atom stereocenters. The van der Waals surface area contributed by atoms with Gasteiger partial charge in [0, 0.05) is 15.9 Å². The molecule has 2 aromatic rings. The summed E-state index contributed by atoms with van der Waals surface area (Å²) in [6.45, 7) is 2.01. The number of carbonyl (C=O) groups excluding carboxylic acids is 1. The van der Waals surface area contributed by atoms with Crippen molar-refractivity contribution in [2.45, 2.75) is 25.8 Å². The van der Waals surface area contributed by atoms with Crippen LogP contribution in [0.15, 0.2) is 41.8 Å². The Morgan fingerprint density at radius 2 is 2.05 bits per heavy atom. The van der Waals surface area contributed by atoms with Gasteiger partial charge in [-0.15, -0.1) is 11.3 Å². The molecule has 100 valence electrons. The van der Waals surface area contributed by atoms with Crippen molar-refractivity contribution >= 4 is 28.8 Å². The van der Waals surface area contributed by atoms with Crippen molar-refractivity contribution in [1.82, 2.24) is 5.32 Å². The fourth-order valence-electron chi connectivity index (χ4n) is 1.92. The van der Waals surface area contributed by atoms with Gasteiger partial charge in [-0.3, -0.25) is 4.79 Å². The predicted octanol–water partition coefficient (Wildman–Crippen LogP) is 3.69. The summed E-state index contributed by atoms with van der Waals surface area (Å²) in [6, 6.07) is 11.8. The van der Waals surface area contributed by atoms with E-state index in [9.17, 15) is 4.79 Å². The van der Waals surface area contributed by atoms with Gasteiger partial charge in [0.2, 0.25) is 5.91 Å². The van der Waals surface area contributed by atoms with Crippen LogP contribution in [0.4, 0.5) is 0 Å². The Hall–Kier alpha value is -1.32. The highest BCUT2D eigenvalue weighted by Crippen LogP contribution is 2.12. The molecule has 0 radical (unpaired) electrons. The second kappa shape index (κ2) is 6.73. The highest BCUT2D eigenvalue weighted by atomic mass is 35.5. The molecule has 19 heavy (non-hydrogen) atoms. The van der Waals surface area contributed by atoms with E-state index in [1.807, 2.05) is 48.7 Å². The first-order valence-electron chi connectivity index (χ1n) is 6.19. The number of halogens is 1. The van der Waals surface area contributed by atoms with E-state index in [1.54, 1.807) is 11.3 Å². The Morgan fingerprint density at radius 1 is 1.32 bits per heavy atom. The molecule has 2 rings (SSSR count). The number of rotatable bonds is 5. The van der Waals surface area contributed by atoms with Gasteiger partial charge in [0.05, 0.1) is 6.42 Å². The quantitative estimate of drug-likeness (QED) is 0.895. The highest BCUT2D eigenvalue weighted by molar-refractivity contribution is 7.10. The molecule has 1 aromatic carbocycles. The number of hydrogen-bond donors (Lipinski definition) is 1. The van der Waals surface area contributed by atoms with E-state index in [0.717, 1.165) is 16.3 Å². The molecule has 1 aromatic heterocycles. The summed E-state index contributed by atoms with van der Waals surface area (Å²) in [4.78, 5) is 12.9. The molecule has 0 saturated heterocycles. The van der Waals surface area contributed by atoms with Gasteiger partial charge in [0.15, 0.2) is 0 Å². The zero-order chi connectivity index (χ0) is 13.7. The summed E-state index contributed by atoms with van der Waals surface area (Å²) in [5.41, 5.74) is 1.17. The van der Waals surface area contributed by atoms with Crippen LogP contribution in [0.5, 0.6) is 0 Å². The lowest BCUT2D eigenvalue weighted by Crippen LogP contribution is -2.34. The zero-order valence-electron chi connectivity index (χ0n) is 10.7. The minimum atomic E-state index is 0.0731. The van der Waals surface area contributed by atoms with E-state index < -0.39 is 0 Å². The second-order valence-electron chi connectivity index (χ2n) is 4.56. The van der Waals surface area contributed by atoms with E-state index >= 15 is 0 Å². The number of hydrogen-bond acceptors (Lipinski definition) is 2. The summed E-state index contributed by atoms with van der Waals surface area (Å²) in [5.74, 6) is 0.0731. The lowest BCUT2D eigenvalue weighted by molar-refractivity contribution is -0.120. The summed E-state index contributed by atoms with van der Waals surface area (Å²) in [6.07, 6.45) is 1.27. The Bertz CT molecular complexity index is 522. The Kier molecular flexibility index (Phi) is 5.00. The molecule has 4 heteroatoms. The molecule has 0 spiro atoms. The largest absolute Gasteiger partial charge is 0.353 e. The summed E-state index contributed by atoms with van der Waals surface area (Å²) in [5, 5.41) is 5.74. The highest BCUT2D eigenvalue weighted by Gasteiger charge is 2.09. The van der Waals surface area contributed by atoms with Crippen LogP contribution in [0.3, 0.4) is 0 Å². The summed E-state index contributed by atoms with van der Waals surface area (Å²) in [7, 11) is 0. The van der Waals surface area contributed by atoms with E-state index in [4.69, 9.17) is 11.6 Å². The van der Waals surface area contributed by atoms with Crippen LogP contribution in [-0.2, 0) is 17.6 Å². The fourth-order valence-corrected chi connectivity index (χ4v) is 2.75. The second-order valence-corrected chi connectivity index (χ2v) is 6.02. The third-order valence-corrected chi connectivity index (χ3v) is 3.91. The SMILES string of the molecule is CC(Cc1ccc(Cl)cc1)NC(=O)Cc1cccs1. The standard InChI is InChI=1S/C15H16ClNOS/c1-11(9-12-4-6-13(16)7-5-12)17-15(18)10-14-3-2-8-19-14/h2-8,11H,9-10H2,1H3,(H,17,18). The topological polar surface area (TPSA) is 29.1 Å². The number of thiophene rings is 1. The fraction of sp³-hybridized carbons (Fsp3) is 0.267. The minimum absolute atomic E-state index is 0.0731. The molecule has 0 aliphatic rings.